The van der Waals surface area contributed by atoms with Gasteiger partial charge in [-0.25, -0.2) is 4.79 Å². The van der Waals surface area contributed by atoms with Crippen molar-refractivity contribution in [1.82, 2.24) is 9.88 Å². The number of aryl methyl sites for hydroxylation is 1. The number of aromatic nitrogens is 1. The van der Waals surface area contributed by atoms with E-state index in [-0.39, 0.29) is 11.1 Å². The molecule has 1 fully saturated rings. The van der Waals surface area contributed by atoms with E-state index in [1.165, 1.54) is 22.9 Å². The highest BCUT2D eigenvalue weighted by Crippen LogP contribution is 2.28. The van der Waals surface area contributed by atoms with Crippen LogP contribution in [-0.4, -0.2) is 27.1 Å². The minimum Gasteiger partial charge on any atom is -0.480 e. The highest BCUT2D eigenvalue weighted by Gasteiger charge is 2.41. The molecule has 0 atom stereocenters. The molecule has 2 rings (SSSR count). The topological polar surface area (TPSA) is 88.4 Å². The number of carbonyl (C=O) groups is 2. The molecule has 6 heteroatoms. The third kappa shape index (κ3) is 2.74. The summed E-state index contributed by atoms with van der Waals surface area (Å²) < 4.78 is 1.35. The van der Waals surface area contributed by atoms with Crippen LogP contribution in [0.4, 0.5) is 0 Å². The predicted octanol–water partition coefficient (Wildman–Crippen LogP) is 0.903. The van der Waals surface area contributed by atoms with Crippen LogP contribution in [0.2, 0.25) is 0 Å². The number of hydrogen-bond donors (Lipinski definition) is 2. The molecule has 0 saturated heterocycles. The Morgan fingerprint density at radius 2 is 1.95 bits per heavy atom. The Morgan fingerprint density at radius 3 is 2.50 bits per heavy atom. The fraction of sp³-hybridized carbons (Fsp3) is 0.500. The minimum atomic E-state index is -1.20. The van der Waals surface area contributed by atoms with Gasteiger partial charge in [-0.2, -0.15) is 0 Å². The largest absolute Gasteiger partial charge is 0.480 e. The van der Waals surface area contributed by atoms with Crippen LogP contribution >= 0.6 is 0 Å². The van der Waals surface area contributed by atoms with Gasteiger partial charge >= 0.3 is 5.97 Å². The third-order valence-corrected chi connectivity index (χ3v) is 3.84. The van der Waals surface area contributed by atoms with Gasteiger partial charge in [-0.3, -0.25) is 9.59 Å². The van der Waals surface area contributed by atoms with Crippen molar-refractivity contribution in [2.45, 2.75) is 37.6 Å². The Labute approximate surface area is 116 Å². The first kappa shape index (κ1) is 14.3. The summed E-state index contributed by atoms with van der Waals surface area (Å²) >= 11 is 0. The number of amides is 1. The molecule has 1 heterocycles. The average molecular weight is 278 g/mol. The molecular weight excluding hydrogens is 260 g/mol. The van der Waals surface area contributed by atoms with Crippen molar-refractivity contribution >= 4 is 11.9 Å². The van der Waals surface area contributed by atoms with Gasteiger partial charge < -0.3 is 15.0 Å². The smallest absolute Gasteiger partial charge is 0.329 e. The summed E-state index contributed by atoms with van der Waals surface area (Å²) in [5.41, 5.74) is -1.30. The number of carboxylic acid groups (broad SMARTS) is 1. The number of rotatable bonds is 3. The van der Waals surface area contributed by atoms with E-state index in [2.05, 4.69) is 5.32 Å². The Bertz CT molecular complexity index is 585. The van der Waals surface area contributed by atoms with Crippen molar-refractivity contribution in [3.8, 4) is 0 Å². The molecule has 0 unspecified atom stereocenters. The molecule has 1 aliphatic carbocycles. The van der Waals surface area contributed by atoms with Gasteiger partial charge in [0, 0.05) is 24.9 Å². The van der Waals surface area contributed by atoms with Crippen molar-refractivity contribution in [3.63, 3.8) is 0 Å². The third-order valence-electron chi connectivity index (χ3n) is 3.84. The maximum absolute atomic E-state index is 12.2. The lowest BCUT2D eigenvalue weighted by Gasteiger charge is -2.33. The van der Waals surface area contributed by atoms with Crippen LogP contribution in [0, 0.1) is 0 Å². The zero-order chi connectivity index (χ0) is 14.8. The van der Waals surface area contributed by atoms with Crippen LogP contribution in [0.5, 0.6) is 0 Å². The molecule has 1 aromatic rings. The van der Waals surface area contributed by atoms with Gasteiger partial charge in [-0.05, 0) is 18.9 Å². The molecule has 20 heavy (non-hydrogen) atoms. The molecule has 1 amide bonds. The van der Waals surface area contributed by atoms with Gasteiger partial charge in [0.1, 0.15) is 5.54 Å². The van der Waals surface area contributed by atoms with Crippen molar-refractivity contribution in [3.05, 3.63) is 34.2 Å². The fourth-order valence-corrected chi connectivity index (χ4v) is 2.53. The van der Waals surface area contributed by atoms with Gasteiger partial charge in [0.2, 0.25) is 0 Å². The Balaban J connectivity index is 2.22. The second kappa shape index (κ2) is 5.48. The van der Waals surface area contributed by atoms with E-state index >= 15 is 0 Å². The summed E-state index contributed by atoms with van der Waals surface area (Å²) in [6, 6.07) is 2.73. The van der Waals surface area contributed by atoms with E-state index in [1.54, 1.807) is 7.05 Å². The molecule has 108 valence electrons. The summed E-state index contributed by atoms with van der Waals surface area (Å²) in [7, 11) is 1.59. The molecular formula is C14H18N2O4. The predicted molar refractivity (Wildman–Crippen MR) is 72.6 cm³/mol. The quantitative estimate of drug-likeness (QED) is 0.860. The highest BCUT2D eigenvalue weighted by molar-refractivity contribution is 5.97. The first-order valence-electron chi connectivity index (χ1n) is 6.67. The average Bonchev–Trinajstić information content (AvgIpc) is 2.42. The summed E-state index contributed by atoms with van der Waals surface area (Å²) in [6.07, 6.45) is 4.90. The van der Waals surface area contributed by atoms with E-state index in [0.29, 0.717) is 12.8 Å². The molecule has 1 aliphatic rings. The Morgan fingerprint density at radius 1 is 1.30 bits per heavy atom. The standard InChI is InChI=1S/C14H18N2O4/c1-16-8-5-10(9-11(16)17)12(18)15-14(13(19)20)6-3-2-4-7-14/h5,8-9H,2-4,6-7H2,1H3,(H,15,18)(H,19,20). The van der Waals surface area contributed by atoms with Crippen LogP contribution in [0.1, 0.15) is 42.5 Å². The van der Waals surface area contributed by atoms with Gasteiger partial charge in [-0.1, -0.05) is 19.3 Å². The van der Waals surface area contributed by atoms with Gasteiger partial charge in [0.15, 0.2) is 0 Å². The van der Waals surface area contributed by atoms with Crippen LogP contribution in [0.15, 0.2) is 23.1 Å². The molecule has 6 nitrogen and oxygen atoms in total. The second-order valence-corrected chi connectivity index (χ2v) is 5.27. The van der Waals surface area contributed by atoms with Crippen LogP contribution in [-0.2, 0) is 11.8 Å². The second-order valence-electron chi connectivity index (χ2n) is 5.27. The highest BCUT2D eigenvalue weighted by atomic mass is 16.4. The molecule has 0 bridgehead atoms. The number of carbonyl (C=O) groups excluding carboxylic acids is 1. The molecule has 0 radical (unpaired) electrons. The normalized spacial score (nSPS) is 17.4. The number of nitrogens with one attached hydrogen (secondary N) is 1. The lowest BCUT2D eigenvalue weighted by Crippen LogP contribution is -2.55. The molecule has 0 aromatic carbocycles. The lowest BCUT2D eigenvalue weighted by molar-refractivity contribution is -0.145. The molecule has 1 saturated carbocycles. The Hall–Kier alpha value is -2.11. The minimum absolute atomic E-state index is 0.194. The summed E-state index contributed by atoms with van der Waals surface area (Å²) in [4.78, 5) is 35.2. The molecule has 1 aromatic heterocycles. The maximum atomic E-state index is 12.2. The van der Waals surface area contributed by atoms with E-state index in [0.717, 1.165) is 19.3 Å². The van der Waals surface area contributed by atoms with E-state index in [1.807, 2.05) is 0 Å². The maximum Gasteiger partial charge on any atom is 0.329 e. The zero-order valence-electron chi connectivity index (χ0n) is 11.4. The van der Waals surface area contributed by atoms with E-state index in [9.17, 15) is 19.5 Å². The fourth-order valence-electron chi connectivity index (χ4n) is 2.53. The van der Waals surface area contributed by atoms with Gasteiger partial charge in [0.05, 0.1) is 0 Å². The summed E-state index contributed by atoms with van der Waals surface area (Å²) in [5, 5.41) is 12.0. The number of hydrogen-bond acceptors (Lipinski definition) is 3. The van der Waals surface area contributed by atoms with E-state index < -0.39 is 17.4 Å². The van der Waals surface area contributed by atoms with Crippen LogP contribution < -0.4 is 10.9 Å². The molecule has 0 aliphatic heterocycles. The van der Waals surface area contributed by atoms with Crippen molar-refractivity contribution in [1.29, 1.82) is 0 Å². The SMILES string of the molecule is Cn1ccc(C(=O)NC2(C(=O)O)CCCCC2)cc1=O. The van der Waals surface area contributed by atoms with E-state index in [4.69, 9.17) is 0 Å². The molecule has 2 N–H and O–H groups in total. The van der Waals surface area contributed by atoms with Gasteiger partial charge in [0.25, 0.3) is 11.5 Å². The van der Waals surface area contributed by atoms with Crippen molar-refractivity contribution in [2.75, 3.05) is 0 Å². The molecule has 0 spiro atoms. The first-order valence-corrected chi connectivity index (χ1v) is 6.67. The van der Waals surface area contributed by atoms with Crippen molar-refractivity contribution < 1.29 is 14.7 Å². The zero-order valence-corrected chi connectivity index (χ0v) is 11.4. The number of aliphatic carboxylic acids is 1. The summed E-state index contributed by atoms with van der Waals surface area (Å²) in [5.74, 6) is -1.51. The van der Waals surface area contributed by atoms with Crippen molar-refractivity contribution in [2.24, 2.45) is 7.05 Å². The first-order chi connectivity index (χ1) is 9.44. The lowest BCUT2D eigenvalue weighted by atomic mass is 9.81. The van der Waals surface area contributed by atoms with Gasteiger partial charge in [-0.15, -0.1) is 0 Å². The number of pyridine rings is 1. The van der Waals surface area contributed by atoms with Crippen LogP contribution in [0.3, 0.4) is 0 Å². The number of nitrogens with zero attached hydrogens (tertiary/aromatic N) is 1. The Kier molecular flexibility index (Phi) is 3.92. The number of carboxylic acids is 1. The monoisotopic (exact) mass is 278 g/mol. The van der Waals surface area contributed by atoms with Crippen LogP contribution in [0.25, 0.3) is 0 Å². The summed E-state index contributed by atoms with van der Waals surface area (Å²) in [6.45, 7) is 0.